The van der Waals surface area contributed by atoms with Crippen LogP contribution < -0.4 is 0 Å². The monoisotopic (exact) mass is 1280 g/mol. The second-order valence-electron chi connectivity index (χ2n) is 25.8. The molecule has 21 rings (SSSR count). The second kappa shape index (κ2) is 22.4. The van der Waals surface area contributed by atoms with Gasteiger partial charge in [-0.25, -0.2) is 0 Å². The topological polar surface area (TPSA) is 0 Å². The van der Waals surface area contributed by atoms with Gasteiger partial charge in [-0.05, 0) is 216 Å². The predicted octanol–water partition coefficient (Wildman–Crippen LogP) is 27.3. The van der Waals surface area contributed by atoms with Crippen LogP contribution in [-0.2, 0) is 5.41 Å². The van der Waals surface area contributed by atoms with Gasteiger partial charge in [0.2, 0.25) is 0 Å². The molecule has 0 bridgehead atoms. The van der Waals surface area contributed by atoms with Crippen molar-refractivity contribution < 1.29 is 39.8 Å². The van der Waals surface area contributed by atoms with E-state index in [1.807, 2.05) is 0 Å². The first-order valence-electron chi connectivity index (χ1n) is 47.1. The summed E-state index contributed by atoms with van der Waals surface area (Å²) in [6, 6.07) is 28.6. The van der Waals surface area contributed by atoms with Gasteiger partial charge in [-0.1, -0.05) is 347 Å². The minimum Gasteiger partial charge on any atom is -0.0755 e. The molecule has 0 N–H and O–H groups in total. The van der Waals surface area contributed by atoms with Crippen LogP contribution in [0.25, 0.3) is 176 Å². The van der Waals surface area contributed by atoms with E-state index in [0.717, 1.165) is 6.07 Å². The number of benzene rings is 18. The molecule has 2 atom stereocenters. The van der Waals surface area contributed by atoms with Crippen LogP contribution in [0.1, 0.15) is 98.8 Å². The van der Waals surface area contributed by atoms with E-state index in [-0.39, 0.29) is 5.41 Å². The normalized spacial score (nSPS) is 18.9. The SMILES string of the molecule is CC1(C)c2cc(-c3ccc(-c4ccc5ccc6cccc7ccc4c5c67)cc3)ccc2-c2ccc(C3C=Cc4ccc5cccc6c5c4C3C=C6)cc21.[2H]c1cc2c([2H])c([2H])c([2H])c([2H])c2c(-c2c3c([2H])c([2H])c([2H])c([2H])c3c(-c3c([2H])c([2H])c(-c4c([2H])c([2H])c5c([2H])c([2H])c([2H])c([2H])c5c4[2H])c([2H])c3[2H])c3c([2H])c([2H])c(-c4c([2H])c([2H])c([2H])c([2H])c4[2H])c([2H])c23)c1[2H]. The highest BCUT2D eigenvalue weighted by Crippen LogP contribution is 2.54. The van der Waals surface area contributed by atoms with Crippen molar-refractivity contribution in [1.82, 2.24) is 0 Å². The molecular weight excluding hydrogens is 1190 g/mol. The lowest BCUT2D eigenvalue weighted by atomic mass is 9.71. The minimum atomic E-state index is -1.14. The standard InChI is InChI=1S/C53H36.C46H30/c1-53(2)47-29-39(31-9-11-32(12-10-31)41-23-17-37-15-13-33-5-3-7-35-19-27-45(41)51(37)49(33)35)21-25-43(47)44-26-22-40(30-48(44)53)42-24-18-38-16-14-34-6-4-8-36-20-28-46(42)52(38)50(34)36;1-2-11-31(12-3-1)38-27-28-43-44(30-38)46(40-20-10-16-34-14-6-7-17-39(34)40)42-19-9-8-18-41(42)45(43)35-24-21-33(22-25-35)37-26-23-32-13-4-5-15-36(32)29-37/h3-30,42,46H,1-2H3;1-30H/i;1D,2D,3D,4D,5D,6D,7D,8D,9D,10D,11D,12D,13D,14D,15D,17D,18D,19D,20D,21D,22D,23D,24D,25D,26D,27D,28D,29D,30D. The molecule has 18 aromatic rings. The molecule has 0 amide bonds. The molecule has 2 unspecified atom stereocenters. The van der Waals surface area contributed by atoms with Gasteiger partial charge in [0.05, 0.1) is 39.8 Å². The van der Waals surface area contributed by atoms with E-state index >= 15 is 0 Å². The number of hydrogen-bond acceptors (Lipinski definition) is 0. The number of hydrogen-bond donors (Lipinski definition) is 0. The molecular formula is C99H66. The Hall–Kier alpha value is -12.2. The highest BCUT2D eigenvalue weighted by Gasteiger charge is 2.38. The fraction of sp³-hybridized carbons (Fsp3) is 0.0505. The summed E-state index contributed by atoms with van der Waals surface area (Å²) < 4.78 is 261. The molecule has 0 saturated heterocycles. The molecule has 0 heteroatoms. The minimum absolute atomic E-state index is 0.100. The Morgan fingerprint density at radius 3 is 1.67 bits per heavy atom. The van der Waals surface area contributed by atoms with E-state index in [1.54, 1.807) is 0 Å². The largest absolute Gasteiger partial charge is 0.0755 e. The molecule has 0 nitrogen and oxygen atoms in total. The van der Waals surface area contributed by atoms with Crippen LogP contribution in [0.2, 0.25) is 0 Å². The quantitative estimate of drug-likeness (QED) is 0.110. The van der Waals surface area contributed by atoms with Gasteiger partial charge < -0.3 is 0 Å². The zero-order chi connectivity index (χ0) is 90.7. The Bertz CT molecular complexity index is 8200. The van der Waals surface area contributed by atoms with E-state index < -0.39 is 263 Å². The molecule has 0 saturated carbocycles. The Kier molecular flexibility index (Phi) is 7.97. The zero-order valence-electron chi connectivity index (χ0n) is 81.9. The lowest BCUT2D eigenvalue weighted by Gasteiger charge is -2.33. The van der Waals surface area contributed by atoms with Gasteiger partial charge in [0.25, 0.3) is 0 Å². The Labute approximate surface area is 617 Å². The average Bonchev–Trinajstić information content (AvgIpc) is 0.789. The summed E-state index contributed by atoms with van der Waals surface area (Å²) in [7, 11) is 0. The summed E-state index contributed by atoms with van der Waals surface area (Å²) in [5.41, 5.74) is 9.57. The lowest BCUT2D eigenvalue weighted by Crippen LogP contribution is -2.18. The Balaban J connectivity index is 0.000000169. The first-order chi connectivity index (χ1) is 60.9. The van der Waals surface area contributed by atoms with E-state index in [2.05, 4.69) is 184 Å². The van der Waals surface area contributed by atoms with Crippen LogP contribution in [0, 0.1) is 0 Å². The summed E-state index contributed by atoms with van der Waals surface area (Å²) >= 11 is 0. The molecule has 0 spiro atoms. The fourth-order valence-electron chi connectivity index (χ4n) is 15.6. The van der Waals surface area contributed by atoms with Crippen molar-refractivity contribution in [3.05, 3.63) is 372 Å². The van der Waals surface area contributed by atoms with Crippen molar-refractivity contribution in [2.45, 2.75) is 31.1 Å². The van der Waals surface area contributed by atoms with E-state index in [0.29, 0.717) is 11.8 Å². The third kappa shape index (κ3) is 9.13. The molecule has 0 aromatic heterocycles. The van der Waals surface area contributed by atoms with Gasteiger partial charge in [0, 0.05) is 17.3 Å². The molecule has 0 fully saturated rings. The van der Waals surface area contributed by atoms with Gasteiger partial charge in [-0.3, -0.25) is 0 Å². The van der Waals surface area contributed by atoms with Crippen molar-refractivity contribution in [2.75, 3.05) is 0 Å². The summed E-state index contributed by atoms with van der Waals surface area (Å²) in [4.78, 5) is 0. The Morgan fingerprint density at radius 1 is 0.283 bits per heavy atom. The summed E-state index contributed by atoms with van der Waals surface area (Å²) in [5.74, 6) is 0.652. The average molecular weight is 1280 g/mol. The second-order valence-corrected chi connectivity index (χ2v) is 25.8. The maximum atomic E-state index is 10.0. The molecule has 99 heavy (non-hydrogen) atoms. The van der Waals surface area contributed by atoms with Crippen molar-refractivity contribution in [3.63, 3.8) is 0 Å². The van der Waals surface area contributed by atoms with Gasteiger partial charge in [0.15, 0.2) is 0 Å². The maximum Gasteiger partial charge on any atom is 0.0636 e. The Morgan fingerprint density at radius 2 is 0.848 bits per heavy atom. The van der Waals surface area contributed by atoms with Crippen molar-refractivity contribution in [2.24, 2.45) is 0 Å². The van der Waals surface area contributed by atoms with Gasteiger partial charge in [-0.15, -0.1) is 0 Å². The summed E-state index contributed by atoms with van der Waals surface area (Å²) in [6.45, 7) is 4.82. The number of rotatable bonds is 7. The number of fused-ring (bicyclic) bond motifs is 7. The fourth-order valence-corrected chi connectivity index (χ4v) is 15.6. The van der Waals surface area contributed by atoms with Crippen LogP contribution in [0.5, 0.6) is 0 Å². The van der Waals surface area contributed by atoms with Crippen molar-refractivity contribution in [3.8, 4) is 77.9 Å². The molecule has 462 valence electrons. The first kappa shape index (κ1) is 35.2. The van der Waals surface area contributed by atoms with Crippen molar-refractivity contribution >= 4 is 98.3 Å². The van der Waals surface area contributed by atoms with Crippen LogP contribution >= 0.6 is 0 Å². The summed E-state index contributed by atoms with van der Waals surface area (Å²) in [5, 5.41) is 5.39. The zero-order valence-corrected chi connectivity index (χ0v) is 52.9. The third-order valence-electron chi connectivity index (χ3n) is 20.2. The first-order valence-corrected chi connectivity index (χ1v) is 32.6. The molecule has 0 aliphatic heterocycles. The van der Waals surface area contributed by atoms with Crippen LogP contribution in [0.15, 0.2) is 339 Å². The molecule has 0 radical (unpaired) electrons. The van der Waals surface area contributed by atoms with Gasteiger partial charge in [0.1, 0.15) is 0 Å². The molecule has 0 heterocycles. The smallest absolute Gasteiger partial charge is 0.0636 e. The number of allylic oxidation sites excluding steroid dienone is 2. The summed E-state index contributed by atoms with van der Waals surface area (Å²) in [6.07, 6.45) is 9.60. The van der Waals surface area contributed by atoms with Crippen LogP contribution in [0.4, 0.5) is 0 Å². The van der Waals surface area contributed by atoms with Gasteiger partial charge >= 0.3 is 0 Å². The molecule has 18 aromatic carbocycles. The highest BCUT2D eigenvalue weighted by molar-refractivity contribution is 6.26. The highest BCUT2D eigenvalue weighted by atomic mass is 14.4. The van der Waals surface area contributed by atoms with E-state index in [9.17, 15) is 13.7 Å². The van der Waals surface area contributed by atoms with Gasteiger partial charge in [-0.2, -0.15) is 0 Å². The molecule has 3 aliphatic carbocycles. The lowest BCUT2D eigenvalue weighted by molar-refractivity contribution is 0.655. The predicted molar refractivity (Wildman–Crippen MR) is 424 cm³/mol. The van der Waals surface area contributed by atoms with E-state index in [4.69, 9.17) is 26.0 Å². The third-order valence-corrected chi connectivity index (χ3v) is 20.2. The van der Waals surface area contributed by atoms with E-state index in [1.165, 1.54) is 110 Å². The van der Waals surface area contributed by atoms with Crippen LogP contribution in [-0.4, -0.2) is 0 Å². The molecule has 3 aliphatic rings. The maximum absolute atomic E-state index is 10.0. The van der Waals surface area contributed by atoms with Crippen molar-refractivity contribution in [1.29, 1.82) is 0 Å². The van der Waals surface area contributed by atoms with Crippen LogP contribution in [0.3, 0.4) is 0 Å².